The SMILES string of the molecule is CCCNC1CCC(N(C)c2cc(C)ncn2)CC1. The van der Waals surface area contributed by atoms with Crippen molar-refractivity contribution in [3.05, 3.63) is 18.1 Å². The molecule has 0 radical (unpaired) electrons. The van der Waals surface area contributed by atoms with Crippen molar-refractivity contribution in [1.82, 2.24) is 15.3 Å². The Labute approximate surface area is 116 Å². The summed E-state index contributed by atoms with van der Waals surface area (Å²) in [5.74, 6) is 1.05. The number of rotatable bonds is 5. The van der Waals surface area contributed by atoms with Crippen LogP contribution in [0.25, 0.3) is 0 Å². The number of hydrogen-bond acceptors (Lipinski definition) is 4. The molecule has 0 aromatic carbocycles. The van der Waals surface area contributed by atoms with E-state index in [-0.39, 0.29) is 0 Å². The summed E-state index contributed by atoms with van der Waals surface area (Å²) in [5.41, 5.74) is 1.04. The maximum atomic E-state index is 4.38. The number of hydrogen-bond donors (Lipinski definition) is 1. The minimum absolute atomic E-state index is 0.619. The number of anilines is 1. The Kier molecular flexibility index (Phi) is 5.14. The first-order chi connectivity index (χ1) is 9.20. The van der Waals surface area contributed by atoms with Crippen LogP contribution >= 0.6 is 0 Å². The molecule has 1 N–H and O–H groups in total. The van der Waals surface area contributed by atoms with Crippen molar-refractivity contribution in [3.63, 3.8) is 0 Å². The molecule has 1 aliphatic carbocycles. The van der Waals surface area contributed by atoms with Gasteiger partial charge in [0.15, 0.2) is 0 Å². The van der Waals surface area contributed by atoms with Crippen molar-refractivity contribution < 1.29 is 0 Å². The topological polar surface area (TPSA) is 41.0 Å². The molecule has 106 valence electrons. The summed E-state index contributed by atoms with van der Waals surface area (Å²) < 4.78 is 0. The third kappa shape index (κ3) is 3.90. The summed E-state index contributed by atoms with van der Waals surface area (Å²) in [6.45, 7) is 5.39. The van der Waals surface area contributed by atoms with Crippen LogP contribution in [0, 0.1) is 6.92 Å². The Hall–Kier alpha value is -1.16. The highest BCUT2D eigenvalue weighted by molar-refractivity contribution is 5.39. The van der Waals surface area contributed by atoms with E-state index in [0.29, 0.717) is 6.04 Å². The molecule has 1 saturated carbocycles. The molecule has 1 aromatic heterocycles. The van der Waals surface area contributed by atoms with Crippen molar-refractivity contribution in [1.29, 1.82) is 0 Å². The summed E-state index contributed by atoms with van der Waals surface area (Å²) in [7, 11) is 2.16. The molecule has 0 saturated heterocycles. The second-order valence-corrected chi connectivity index (χ2v) is 5.59. The lowest BCUT2D eigenvalue weighted by atomic mass is 9.90. The molecule has 1 aliphatic rings. The van der Waals surface area contributed by atoms with Gasteiger partial charge in [-0.25, -0.2) is 9.97 Å². The lowest BCUT2D eigenvalue weighted by molar-refractivity contribution is 0.336. The number of aromatic nitrogens is 2. The van der Waals surface area contributed by atoms with Crippen LogP contribution in [0.4, 0.5) is 5.82 Å². The second kappa shape index (κ2) is 6.85. The fourth-order valence-corrected chi connectivity index (χ4v) is 2.84. The predicted octanol–water partition coefficient (Wildman–Crippen LogP) is 2.53. The standard InChI is InChI=1S/C15H26N4/c1-4-9-16-13-5-7-14(8-6-13)19(3)15-10-12(2)17-11-18-15/h10-11,13-14,16H,4-9H2,1-3H3. The lowest BCUT2D eigenvalue weighted by Gasteiger charge is -2.35. The Morgan fingerprint density at radius 2 is 2.00 bits per heavy atom. The van der Waals surface area contributed by atoms with E-state index in [0.717, 1.165) is 24.1 Å². The third-order valence-corrected chi connectivity index (χ3v) is 4.08. The summed E-state index contributed by atoms with van der Waals surface area (Å²) in [6, 6.07) is 3.41. The highest BCUT2D eigenvalue weighted by Crippen LogP contribution is 2.25. The van der Waals surface area contributed by atoms with E-state index < -0.39 is 0 Å². The minimum Gasteiger partial charge on any atom is -0.357 e. The van der Waals surface area contributed by atoms with Crippen molar-refractivity contribution in [2.75, 3.05) is 18.5 Å². The molecule has 1 heterocycles. The molecule has 0 spiro atoms. The maximum Gasteiger partial charge on any atom is 0.132 e. The van der Waals surface area contributed by atoms with Crippen LogP contribution in [0.1, 0.15) is 44.7 Å². The smallest absolute Gasteiger partial charge is 0.132 e. The zero-order valence-electron chi connectivity index (χ0n) is 12.4. The van der Waals surface area contributed by atoms with Gasteiger partial charge in [-0.3, -0.25) is 0 Å². The molecule has 0 aliphatic heterocycles. The molecule has 1 aromatic rings. The average Bonchev–Trinajstić information content (AvgIpc) is 2.45. The van der Waals surface area contributed by atoms with Crippen LogP contribution in [0.3, 0.4) is 0 Å². The van der Waals surface area contributed by atoms with E-state index >= 15 is 0 Å². The molecule has 4 nitrogen and oxygen atoms in total. The Bertz CT molecular complexity index is 385. The van der Waals surface area contributed by atoms with Crippen LogP contribution in [-0.2, 0) is 0 Å². The molecular formula is C15H26N4. The van der Waals surface area contributed by atoms with Gasteiger partial charge in [0, 0.05) is 30.9 Å². The van der Waals surface area contributed by atoms with Crippen molar-refractivity contribution in [2.24, 2.45) is 0 Å². The van der Waals surface area contributed by atoms with Gasteiger partial charge in [-0.05, 0) is 45.6 Å². The molecule has 4 heteroatoms. The van der Waals surface area contributed by atoms with Gasteiger partial charge >= 0.3 is 0 Å². The van der Waals surface area contributed by atoms with E-state index in [9.17, 15) is 0 Å². The van der Waals surface area contributed by atoms with E-state index in [4.69, 9.17) is 0 Å². The fraction of sp³-hybridized carbons (Fsp3) is 0.733. The van der Waals surface area contributed by atoms with Gasteiger partial charge in [0.2, 0.25) is 0 Å². The summed E-state index contributed by atoms with van der Waals surface area (Å²) >= 11 is 0. The van der Waals surface area contributed by atoms with Gasteiger partial charge in [0.05, 0.1) is 0 Å². The highest BCUT2D eigenvalue weighted by Gasteiger charge is 2.24. The van der Waals surface area contributed by atoms with Gasteiger partial charge in [-0.15, -0.1) is 0 Å². The zero-order valence-corrected chi connectivity index (χ0v) is 12.4. The first-order valence-electron chi connectivity index (χ1n) is 7.45. The maximum absolute atomic E-state index is 4.38. The second-order valence-electron chi connectivity index (χ2n) is 5.59. The Morgan fingerprint density at radius 1 is 1.26 bits per heavy atom. The van der Waals surface area contributed by atoms with Gasteiger partial charge in [-0.1, -0.05) is 6.92 Å². The highest BCUT2D eigenvalue weighted by atomic mass is 15.2. The van der Waals surface area contributed by atoms with E-state index in [1.165, 1.54) is 32.1 Å². The van der Waals surface area contributed by atoms with E-state index in [1.54, 1.807) is 6.33 Å². The van der Waals surface area contributed by atoms with E-state index in [2.05, 4.69) is 40.2 Å². The van der Waals surface area contributed by atoms with Gasteiger partial charge < -0.3 is 10.2 Å². The monoisotopic (exact) mass is 262 g/mol. The number of aryl methyl sites for hydroxylation is 1. The Morgan fingerprint density at radius 3 is 2.63 bits per heavy atom. The van der Waals surface area contributed by atoms with Crippen LogP contribution in [0.15, 0.2) is 12.4 Å². The molecule has 0 bridgehead atoms. The van der Waals surface area contributed by atoms with Crippen LogP contribution in [-0.4, -0.2) is 35.6 Å². The number of nitrogens with one attached hydrogen (secondary N) is 1. The molecule has 1 fully saturated rings. The summed E-state index contributed by atoms with van der Waals surface area (Å²) in [4.78, 5) is 10.9. The van der Waals surface area contributed by atoms with Gasteiger partial charge in [0.25, 0.3) is 0 Å². The van der Waals surface area contributed by atoms with Crippen LogP contribution in [0.5, 0.6) is 0 Å². The molecule has 0 amide bonds. The minimum atomic E-state index is 0.619. The zero-order chi connectivity index (χ0) is 13.7. The van der Waals surface area contributed by atoms with Crippen molar-refractivity contribution in [3.8, 4) is 0 Å². The first kappa shape index (κ1) is 14.3. The van der Waals surface area contributed by atoms with Gasteiger partial charge in [0.1, 0.15) is 12.1 Å². The molecule has 2 rings (SSSR count). The first-order valence-corrected chi connectivity index (χ1v) is 7.45. The number of nitrogens with zero attached hydrogens (tertiary/aromatic N) is 3. The van der Waals surface area contributed by atoms with Crippen molar-refractivity contribution in [2.45, 2.75) is 58.0 Å². The molecule has 0 unspecified atom stereocenters. The average molecular weight is 262 g/mol. The van der Waals surface area contributed by atoms with Crippen molar-refractivity contribution >= 4 is 5.82 Å². The van der Waals surface area contributed by atoms with E-state index in [1.807, 2.05) is 6.92 Å². The quantitative estimate of drug-likeness (QED) is 0.885. The molecular weight excluding hydrogens is 236 g/mol. The molecule has 0 atom stereocenters. The summed E-state index contributed by atoms with van der Waals surface area (Å²) in [6.07, 6.45) is 7.94. The van der Waals surface area contributed by atoms with Crippen LogP contribution < -0.4 is 10.2 Å². The normalized spacial score (nSPS) is 23.3. The lowest BCUT2D eigenvalue weighted by Crippen LogP contribution is -2.41. The fourth-order valence-electron chi connectivity index (χ4n) is 2.84. The predicted molar refractivity (Wildman–Crippen MR) is 79.5 cm³/mol. The van der Waals surface area contributed by atoms with Gasteiger partial charge in [-0.2, -0.15) is 0 Å². The summed E-state index contributed by atoms with van der Waals surface area (Å²) in [5, 5.41) is 3.64. The molecule has 19 heavy (non-hydrogen) atoms. The third-order valence-electron chi connectivity index (χ3n) is 4.08. The van der Waals surface area contributed by atoms with Crippen LogP contribution in [0.2, 0.25) is 0 Å². The largest absolute Gasteiger partial charge is 0.357 e. The Balaban J connectivity index is 1.87.